The predicted octanol–water partition coefficient (Wildman–Crippen LogP) is 3.44. The second kappa shape index (κ2) is 3.74. The van der Waals surface area contributed by atoms with Crippen molar-refractivity contribution < 1.29 is 4.39 Å². The van der Waals surface area contributed by atoms with E-state index in [0.29, 0.717) is 0 Å². The first kappa shape index (κ1) is 10.9. The molecule has 0 saturated carbocycles. The van der Waals surface area contributed by atoms with Crippen molar-refractivity contribution in [2.75, 3.05) is 0 Å². The number of rotatable bonds is 1. The zero-order valence-electron chi connectivity index (χ0n) is 9.74. The van der Waals surface area contributed by atoms with Gasteiger partial charge in [0.1, 0.15) is 5.82 Å². The van der Waals surface area contributed by atoms with Gasteiger partial charge in [0.25, 0.3) is 0 Å². The van der Waals surface area contributed by atoms with E-state index in [1.807, 2.05) is 23.0 Å². The normalized spacial score (nSPS) is 11.8. The van der Waals surface area contributed by atoms with Gasteiger partial charge in [-0.1, -0.05) is 12.1 Å². The zero-order chi connectivity index (χ0) is 11.8. The van der Waals surface area contributed by atoms with Crippen LogP contribution in [0.2, 0.25) is 0 Å². The fourth-order valence-electron chi connectivity index (χ4n) is 1.50. The molecule has 0 saturated heterocycles. The van der Waals surface area contributed by atoms with E-state index in [4.69, 9.17) is 0 Å². The minimum absolute atomic E-state index is 0.0500. The van der Waals surface area contributed by atoms with Gasteiger partial charge in [0.05, 0.1) is 11.2 Å². The summed E-state index contributed by atoms with van der Waals surface area (Å²) in [4.78, 5) is 0. The molecule has 0 aliphatic rings. The maximum Gasteiger partial charge on any atom is 0.123 e. The molecule has 0 bridgehead atoms. The second-order valence-corrected chi connectivity index (χ2v) is 4.83. The van der Waals surface area contributed by atoms with E-state index in [2.05, 4.69) is 25.9 Å². The Kier molecular flexibility index (Phi) is 2.54. The monoisotopic (exact) mass is 218 g/mol. The summed E-state index contributed by atoms with van der Waals surface area (Å²) < 4.78 is 14.9. The predicted molar refractivity (Wildman–Crippen MR) is 62.6 cm³/mol. The molecule has 2 rings (SSSR count). The van der Waals surface area contributed by atoms with Crippen LogP contribution in [-0.4, -0.2) is 9.78 Å². The summed E-state index contributed by atoms with van der Waals surface area (Å²) >= 11 is 0. The zero-order valence-corrected chi connectivity index (χ0v) is 9.74. The third-order valence-corrected chi connectivity index (χ3v) is 2.40. The third-order valence-electron chi connectivity index (χ3n) is 2.40. The molecule has 2 aromatic rings. The average molecular weight is 218 g/mol. The van der Waals surface area contributed by atoms with Gasteiger partial charge in [-0.3, -0.25) is 4.68 Å². The van der Waals surface area contributed by atoms with Crippen LogP contribution < -0.4 is 0 Å². The van der Waals surface area contributed by atoms with Crippen LogP contribution in [-0.2, 0) is 5.54 Å². The summed E-state index contributed by atoms with van der Waals surface area (Å²) in [6.45, 7) is 6.24. The van der Waals surface area contributed by atoms with E-state index in [0.717, 1.165) is 11.3 Å². The summed E-state index contributed by atoms with van der Waals surface area (Å²) in [5, 5.41) is 4.44. The lowest BCUT2D eigenvalue weighted by atomic mass is 10.1. The van der Waals surface area contributed by atoms with E-state index >= 15 is 0 Å². The summed E-state index contributed by atoms with van der Waals surface area (Å²) in [7, 11) is 0. The van der Waals surface area contributed by atoms with Gasteiger partial charge < -0.3 is 0 Å². The van der Waals surface area contributed by atoms with Crippen molar-refractivity contribution in [3.8, 4) is 11.3 Å². The van der Waals surface area contributed by atoms with Gasteiger partial charge in [-0.2, -0.15) is 5.10 Å². The van der Waals surface area contributed by atoms with Gasteiger partial charge in [0.15, 0.2) is 0 Å². The first-order valence-electron chi connectivity index (χ1n) is 5.29. The largest absolute Gasteiger partial charge is 0.267 e. The molecule has 1 heterocycles. The molecule has 0 radical (unpaired) electrons. The third kappa shape index (κ3) is 2.13. The number of hydrogen-bond acceptors (Lipinski definition) is 1. The molecule has 0 aliphatic carbocycles. The Hall–Kier alpha value is -1.64. The summed E-state index contributed by atoms with van der Waals surface area (Å²) in [5.74, 6) is -0.234. The molecule has 0 spiro atoms. The fourth-order valence-corrected chi connectivity index (χ4v) is 1.50. The van der Waals surface area contributed by atoms with Crippen LogP contribution in [0.3, 0.4) is 0 Å². The Bertz CT molecular complexity index is 495. The highest BCUT2D eigenvalue weighted by Gasteiger charge is 2.14. The summed E-state index contributed by atoms with van der Waals surface area (Å²) in [6.07, 6.45) is 1.92. The van der Waals surface area contributed by atoms with Gasteiger partial charge in [-0.15, -0.1) is 0 Å². The van der Waals surface area contributed by atoms with Crippen molar-refractivity contribution in [3.05, 3.63) is 42.3 Å². The van der Waals surface area contributed by atoms with Gasteiger partial charge >= 0.3 is 0 Å². The van der Waals surface area contributed by atoms with Gasteiger partial charge in [0, 0.05) is 11.8 Å². The molecular formula is C13H15FN2. The first-order valence-corrected chi connectivity index (χ1v) is 5.29. The van der Waals surface area contributed by atoms with E-state index in [-0.39, 0.29) is 11.4 Å². The Morgan fingerprint density at radius 2 is 1.94 bits per heavy atom. The highest BCUT2D eigenvalue weighted by atomic mass is 19.1. The van der Waals surface area contributed by atoms with E-state index in [9.17, 15) is 4.39 Å². The number of benzene rings is 1. The van der Waals surface area contributed by atoms with Crippen LogP contribution in [0.4, 0.5) is 4.39 Å². The molecule has 1 aromatic carbocycles. The molecule has 0 fully saturated rings. The molecule has 2 nitrogen and oxygen atoms in total. The van der Waals surface area contributed by atoms with Crippen LogP contribution in [0.5, 0.6) is 0 Å². The maximum absolute atomic E-state index is 13.1. The lowest BCUT2D eigenvalue weighted by Crippen LogP contribution is -2.22. The number of aromatic nitrogens is 2. The second-order valence-electron chi connectivity index (χ2n) is 4.83. The van der Waals surface area contributed by atoms with Gasteiger partial charge in [0.2, 0.25) is 0 Å². The quantitative estimate of drug-likeness (QED) is 0.717. The van der Waals surface area contributed by atoms with Crippen molar-refractivity contribution in [1.82, 2.24) is 9.78 Å². The molecule has 3 heteroatoms. The first-order chi connectivity index (χ1) is 7.47. The SMILES string of the molecule is CC(C)(C)n1ccc(-c2cccc(F)c2)n1. The van der Waals surface area contributed by atoms with Crippen LogP contribution in [0, 0.1) is 5.82 Å². The summed E-state index contributed by atoms with van der Waals surface area (Å²) in [6, 6.07) is 8.39. The lowest BCUT2D eigenvalue weighted by molar-refractivity contribution is 0.356. The molecule has 0 unspecified atom stereocenters. The van der Waals surface area contributed by atoms with E-state index in [1.165, 1.54) is 12.1 Å². The van der Waals surface area contributed by atoms with Crippen LogP contribution in [0.15, 0.2) is 36.5 Å². The van der Waals surface area contributed by atoms with Crippen molar-refractivity contribution in [1.29, 1.82) is 0 Å². The number of halogens is 1. The van der Waals surface area contributed by atoms with E-state index in [1.54, 1.807) is 6.07 Å². The van der Waals surface area contributed by atoms with Crippen LogP contribution in [0.1, 0.15) is 20.8 Å². The highest BCUT2D eigenvalue weighted by molar-refractivity contribution is 5.58. The fraction of sp³-hybridized carbons (Fsp3) is 0.308. The molecular weight excluding hydrogens is 203 g/mol. The Labute approximate surface area is 94.7 Å². The maximum atomic E-state index is 13.1. The minimum Gasteiger partial charge on any atom is -0.267 e. The van der Waals surface area contributed by atoms with Crippen molar-refractivity contribution >= 4 is 0 Å². The molecule has 84 valence electrons. The highest BCUT2D eigenvalue weighted by Crippen LogP contribution is 2.20. The van der Waals surface area contributed by atoms with Crippen molar-refractivity contribution in [2.45, 2.75) is 26.3 Å². The Morgan fingerprint density at radius 1 is 1.19 bits per heavy atom. The van der Waals surface area contributed by atoms with E-state index < -0.39 is 0 Å². The molecule has 16 heavy (non-hydrogen) atoms. The lowest BCUT2D eigenvalue weighted by Gasteiger charge is -2.18. The topological polar surface area (TPSA) is 17.8 Å². The molecule has 0 N–H and O–H groups in total. The molecule has 1 aromatic heterocycles. The standard InChI is InChI=1S/C13H15FN2/c1-13(2,3)16-8-7-12(15-16)10-5-4-6-11(14)9-10/h4-9H,1-3H3. The Morgan fingerprint density at radius 3 is 2.50 bits per heavy atom. The van der Waals surface area contributed by atoms with Crippen LogP contribution in [0.25, 0.3) is 11.3 Å². The van der Waals surface area contributed by atoms with Crippen molar-refractivity contribution in [2.24, 2.45) is 0 Å². The molecule has 0 aliphatic heterocycles. The smallest absolute Gasteiger partial charge is 0.123 e. The number of nitrogens with zero attached hydrogens (tertiary/aromatic N) is 2. The molecule has 0 amide bonds. The summed E-state index contributed by atoms with van der Waals surface area (Å²) in [5.41, 5.74) is 1.56. The minimum atomic E-state index is -0.234. The molecule has 0 atom stereocenters. The average Bonchev–Trinajstić information content (AvgIpc) is 2.65. The van der Waals surface area contributed by atoms with Gasteiger partial charge in [-0.05, 0) is 39.0 Å². The van der Waals surface area contributed by atoms with Crippen LogP contribution >= 0.6 is 0 Å². The number of hydrogen-bond donors (Lipinski definition) is 0. The Balaban J connectivity index is 2.39. The van der Waals surface area contributed by atoms with Gasteiger partial charge in [-0.25, -0.2) is 4.39 Å². The van der Waals surface area contributed by atoms with Crippen molar-refractivity contribution in [3.63, 3.8) is 0 Å².